The zero-order valence-electron chi connectivity index (χ0n) is 17.7. The highest BCUT2D eigenvalue weighted by Crippen LogP contribution is 2.35. The normalized spacial score (nSPS) is 13.0. The topological polar surface area (TPSA) is 70.6 Å². The molecule has 1 aliphatic heterocycles. The van der Waals surface area contributed by atoms with Crippen molar-refractivity contribution in [2.24, 2.45) is 0 Å². The van der Waals surface area contributed by atoms with Gasteiger partial charge in [0, 0.05) is 18.3 Å². The van der Waals surface area contributed by atoms with Gasteiger partial charge in [-0.3, -0.25) is 14.4 Å². The maximum absolute atomic E-state index is 13.1. The summed E-state index contributed by atoms with van der Waals surface area (Å²) in [5, 5.41) is 0.304. The van der Waals surface area contributed by atoms with Crippen LogP contribution in [0.15, 0.2) is 60.7 Å². The number of thiazole rings is 1. The summed E-state index contributed by atoms with van der Waals surface area (Å²) in [5.74, 6) is -0.906. The first-order chi connectivity index (χ1) is 15.3. The molecule has 32 heavy (non-hydrogen) atoms. The molecule has 0 unspecified atom stereocenters. The van der Waals surface area contributed by atoms with E-state index in [-0.39, 0.29) is 17.7 Å². The number of rotatable bonds is 3. The first-order valence-electron chi connectivity index (χ1n) is 10.1. The van der Waals surface area contributed by atoms with Crippen LogP contribution in [0.2, 0.25) is 0 Å². The van der Waals surface area contributed by atoms with Gasteiger partial charge < -0.3 is 4.90 Å². The highest BCUT2D eigenvalue weighted by atomic mass is 32.1. The van der Waals surface area contributed by atoms with Crippen molar-refractivity contribution in [1.82, 2.24) is 4.98 Å². The second-order valence-electron chi connectivity index (χ2n) is 7.80. The fourth-order valence-corrected chi connectivity index (χ4v) is 4.75. The number of carbonyl (C=O) groups is 3. The van der Waals surface area contributed by atoms with Gasteiger partial charge in [0.1, 0.15) is 0 Å². The largest absolute Gasteiger partial charge is 0.311 e. The molecule has 0 atom stereocenters. The molecule has 0 saturated heterocycles. The lowest BCUT2D eigenvalue weighted by atomic mass is 10.1. The van der Waals surface area contributed by atoms with Crippen LogP contribution < -0.4 is 9.80 Å². The summed E-state index contributed by atoms with van der Waals surface area (Å²) in [6, 6.07) is 17.9. The SMILES string of the molecule is Cc1ccc(N(C)C(=O)c2ccc3nc(N4C(=O)c5ccccc5C4=O)sc3c2)cc1C. The number of anilines is 2. The number of amides is 3. The lowest BCUT2D eigenvalue weighted by molar-refractivity contribution is 0.0924. The van der Waals surface area contributed by atoms with E-state index in [2.05, 4.69) is 4.98 Å². The molecule has 0 aliphatic carbocycles. The van der Waals surface area contributed by atoms with Crippen molar-refractivity contribution in [2.45, 2.75) is 13.8 Å². The van der Waals surface area contributed by atoms with Crippen molar-refractivity contribution in [1.29, 1.82) is 0 Å². The van der Waals surface area contributed by atoms with Gasteiger partial charge in [-0.05, 0) is 67.4 Å². The Kier molecular flexibility index (Phi) is 4.64. The molecule has 158 valence electrons. The molecule has 3 amide bonds. The Hall–Kier alpha value is -3.84. The molecule has 0 N–H and O–H groups in total. The van der Waals surface area contributed by atoms with Crippen LogP contribution in [0.5, 0.6) is 0 Å². The van der Waals surface area contributed by atoms with Crippen molar-refractivity contribution in [3.05, 3.63) is 88.5 Å². The van der Waals surface area contributed by atoms with Gasteiger partial charge in [-0.15, -0.1) is 0 Å². The van der Waals surface area contributed by atoms with Crippen LogP contribution in [0.1, 0.15) is 42.2 Å². The van der Waals surface area contributed by atoms with Crippen LogP contribution in [-0.2, 0) is 0 Å². The number of imide groups is 1. The lowest BCUT2D eigenvalue weighted by Crippen LogP contribution is -2.29. The maximum Gasteiger partial charge on any atom is 0.268 e. The third kappa shape index (κ3) is 3.09. The Morgan fingerprint density at radius 1 is 0.906 bits per heavy atom. The van der Waals surface area contributed by atoms with Gasteiger partial charge in [-0.25, -0.2) is 9.88 Å². The zero-order chi connectivity index (χ0) is 22.6. The fourth-order valence-electron chi connectivity index (χ4n) is 3.75. The molecule has 0 fully saturated rings. The summed E-state index contributed by atoms with van der Waals surface area (Å²) < 4.78 is 0.732. The number of aromatic nitrogens is 1. The predicted molar refractivity (Wildman–Crippen MR) is 126 cm³/mol. The second-order valence-corrected chi connectivity index (χ2v) is 8.81. The predicted octanol–water partition coefficient (Wildman–Crippen LogP) is 4.99. The van der Waals surface area contributed by atoms with Crippen molar-refractivity contribution >= 4 is 50.1 Å². The highest BCUT2D eigenvalue weighted by Gasteiger charge is 2.38. The van der Waals surface area contributed by atoms with Gasteiger partial charge in [-0.1, -0.05) is 29.5 Å². The van der Waals surface area contributed by atoms with Crippen LogP contribution in [0, 0.1) is 13.8 Å². The van der Waals surface area contributed by atoms with E-state index >= 15 is 0 Å². The third-order valence-corrected chi connectivity index (χ3v) is 6.80. The van der Waals surface area contributed by atoms with Crippen LogP contribution >= 0.6 is 11.3 Å². The van der Waals surface area contributed by atoms with Crippen molar-refractivity contribution in [3.63, 3.8) is 0 Å². The summed E-state index contributed by atoms with van der Waals surface area (Å²) >= 11 is 1.22. The van der Waals surface area contributed by atoms with E-state index in [9.17, 15) is 14.4 Å². The van der Waals surface area contributed by atoms with E-state index in [1.165, 1.54) is 16.9 Å². The van der Waals surface area contributed by atoms with E-state index in [0.29, 0.717) is 27.3 Å². The minimum Gasteiger partial charge on any atom is -0.311 e. The van der Waals surface area contributed by atoms with E-state index < -0.39 is 0 Å². The van der Waals surface area contributed by atoms with E-state index in [1.54, 1.807) is 54.4 Å². The average Bonchev–Trinajstić information content (AvgIpc) is 3.32. The maximum atomic E-state index is 13.1. The van der Waals surface area contributed by atoms with Crippen LogP contribution in [0.25, 0.3) is 10.2 Å². The minimum absolute atomic E-state index is 0.147. The molecule has 3 aromatic carbocycles. The van der Waals surface area contributed by atoms with Gasteiger partial charge in [0.2, 0.25) is 5.13 Å². The first kappa shape index (κ1) is 20.1. The Balaban J connectivity index is 1.47. The van der Waals surface area contributed by atoms with E-state index in [4.69, 9.17) is 0 Å². The summed E-state index contributed by atoms with van der Waals surface area (Å²) in [6.45, 7) is 4.05. The molecule has 0 bridgehead atoms. The van der Waals surface area contributed by atoms with Gasteiger partial charge in [0.05, 0.1) is 21.3 Å². The fraction of sp³-hybridized carbons (Fsp3) is 0.120. The first-order valence-corrected chi connectivity index (χ1v) is 10.9. The summed E-state index contributed by atoms with van der Waals surface area (Å²) in [4.78, 5) is 45.8. The quantitative estimate of drug-likeness (QED) is 0.420. The Bertz CT molecular complexity index is 1400. The van der Waals surface area contributed by atoms with Gasteiger partial charge in [0.25, 0.3) is 17.7 Å². The van der Waals surface area contributed by atoms with E-state index in [1.807, 2.05) is 32.0 Å². The molecular formula is C25H19N3O3S. The number of carbonyl (C=O) groups excluding carboxylic acids is 3. The van der Waals surface area contributed by atoms with Gasteiger partial charge >= 0.3 is 0 Å². The van der Waals surface area contributed by atoms with Gasteiger partial charge in [0.15, 0.2) is 0 Å². The van der Waals surface area contributed by atoms with Crippen molar-refractivity contribution < 1.29 is 14.4 Å². The molecular weight excluding hydrogens is 422 g/mol. The molecule has 1 aromatic heterocycles. The number of hydrogen-bond donors (Lipinski definition) is 0. The van der Waals surface area contributed by atoms with Gasteiger partial charge in [-0.2, -0.15) is 0 Å². The standard InChI is InChI=1S/C25H19N3O3S/c1-14-8-10-17(12-15(14)2)27(3)22(29)16-9-11-20-21(13-16)32-25(26-20)28-23(30)18-6-4-5-7-19(18)24(28)31/h4-13H,1-3H3. The zero-order valence-corrected chi connectivity index (χ0v) is 18.6. The molecule has 2 heterocycles. The minimum atomic E-state index is -0.379. The monoisotopic (exact) mass is 441 g/mol. The molecule has 0 saturated carbocycles. The second kappa shape index (κ2) is 7.39. The molecule has 4 aromatic rings. The molecule has 7 heteroatoms. The molecule has 0 spiro atoms. The van der Waals surface area contributed by atoms with E-state index in [0.717, 1.165) is 20.9 Å². The van der Waals surface area contributed by atoms with Crippen LogP contribution in [0.4, 0.5) is 10.8 Å². The Morgan fingerprint density at radius 3 is 2.25 bits per heavy atom. The smallest absolute Gasteiger partial charge is 0.268 e. The number of aryl methyl sites for hydroxylation is 2. The Labute approximate surface area is 188 Å². The summed E-state index contributed by atoms with van der Waals surface area (Å²) in [5.41, 5.74) is 4.99. The third-order valence-electron chi connectivity index (χ3n) is 5.79. The summed E-state index contributed by atoms with van der Waals surface area (Å²) in [6.07, 6.45) is 0. The molecule has 5 rings (SSSR count). The number of fused-ring (bicyclic) bond motifs is 2. The average molecular weight is 442 g/mol. The van der Waals surface area contributed by atoms with Crippen molar-refractivity contribution in [2.75, 3.05) is 16.8 Å². The van der Waals surface area contributed by atoms with Crippen LogP contribution in [-0.4, -0.2) is 29.8 Å². The number of hydrogen-bond acceptors (Lipinski definition) is 5. The Morgan fingerprint density at radius 2 is 1.59 bits per heavy atom. The number of benzene rings is 3. The number of nitrogens with zero attached hydrogens (tertiary/aromatic N) is 3. The highest BCUT2D eigenvalue weighted by molar-refractivity contribution is 7.22. The lowest BCUT2D eigenvalue weighted by Gasteiger charge is -2.18. The molecule has 6 nitrogen and oxygen atoms in total. The molecule has 1 aliphatic rings. The summed E-state index contributed by atoms with van der Waals surface area (Å²) in [7, 11) is 1.74. The molecule has 0 radical (unpaired) electrons. The van der Waals surface area contributed by atoms with Crippen LogP contribution in [0.3, 0.4) is 0 Å². The van der Waals surface area contributed by atoms with Crippen molar-refractivity contribution in [3.8, 4) is 0 Å².